The smallest absolute Gasteiger partial charge is 0.273 e. The first kappa shape index (κ1) is 20.6. The number of piperidine rings is 1. The summed E-state index contributed by atoms with van der Waals surface area (Å²) in [5.41, 5.74) is 1.32. The number of carbonyl (C=O) groups is 1. The highest BCUT2D eigenvalue weighted by Gasteiger charge is 2.32. The molecule has 2 aliphatic rings. The fourth-order valence-corrected chi connectivity index (χ4v) is 4.93. The lowest BCUT2D eigenvalue weighted by molar-refractivity contribution is 0.0906. The zero-order chi connectivity index (χ0) is 18.8. The second-order valence-corrected chi connectivity index (χ2v) is 8.80. The Morgan fingerprint density at radius 2 is 2.25 bits per heavy atom. The lowest BCUT2D eigenvalue weighted by atomic mass is 10.0. The quantitative estimate of drug-likeness (QED) is 0.782. The molecule has 1 unspecified atom stereocenters. The summed E-state index contributed by atoms with van der Waals surface area (Å²) < 4.78 is 20.0. The van der Waals surface area contributed by atoms with Crippen molar-refractivity contribution < 1.29 is 20.4 Å². The Balaban J connectivity index is 0.00000150. The summed E-state index contributed by atoms with van der Waals surface area (Å²) in [5.74, 6) is 1.54. The monoisotopic (exact) mass is 408 g/mol. The van der Waals surface area contributed by atoms with Crippen LogP contribution in [0, 0.1) is 0 Å². The Morgan fingerprint density at radius 3 is 2.93 bits per heavy atom. The van der Waals surface area contributed by atoms with E-state index in [0.717, 1.165) is 37.0 Å². The van der Waals surface area contributed by atoms with Gasteiger partial charge in [-0.1, -0.05) is 11.2 Å². The third-order valence-electron chi connectivity index (χ3n) is 5.17. The normalized spacial score (nSPS) is 23.6. The topological polar surface area (TPSA) is 120 Å². The van der Waals surface area contributed by atoms with Crippen molar-refractivity contribution in [3.63, 3.8) is 0 Å². The van der Waals surface area contributed by atoms with Gasteiger partial charge in [-0.05, 0) is 44.2 Å². The van der Waals surface area contributed by atoms with E-state index in [0.29, 0.717) is 23.9 Å². The average Bonchev–Trinajstić information content (AvgIpc) is 3.39. The summed E-state index contributed by atoms with van der Waals surface area (Å²) in [6, 6.07) is 5.74. The third-order valence-corrected chi connectivity index (χ3v) is 6.81. The number of hydrogen-bond donors (Lipinski definition) is 1. The summed E-state index contributed by atoms with van der Waals surface area (Å²) in [6.45, 7) is 2.74. The van der Waals surface area contributed by atoms with Crippen molar-refractivity contribution in [2.75, 3.05) is 6.54 Å². The van der Waals surface area contributed by atoms with Crippen LogP contribution in [0.25, 0.3) is 0 Å². The van der Waals surface area contributed by atoms with E-state index in [-0.39, 0.29) is 24.9 Å². The van der Waals surface area contributed by atoms with E-state index in [2.05, 4.69) is 22.4 Å². The van der Waals surface area contributed by atoms with E-state index in [9.17, 15) is 9.00 Å². The molecule has 2 aromatic heterocycles. The van der Waals surface area contributed by atoms with Crippen LogP contribution in [-0.4, -0.2) is 48.7 Å². The second-order valence-electron chi connectivity index (χ2n) is 7.40. The minimum absolute atomic E-state index is 0. The van der Waals surface area contributed by atoms with Crippen LogP contribution < -0.4 is 5.32 Å². The predicted molar refractivity (Wildman–Crippen MR) is 107 cm³/mol. The number of aromatic nitrogens is 2. The third kappa shape index (κ3) is 4.84. The van der Waals surface area contributed by atoms with E-state index >= 15 is 0 Å². The van der Waals surface area contributed by atoms with E-state index in [1.807, 2.05) is 16.4 Å². The van der Waals surface area contributed by atoms with Crippen molar-refractivity contribution in [3.8, 4) is 0 Å². The van der Waals surface area contributed by atoms with E-state index in [1.54, 1.807) is 18.5 Å². The first-order valence-corrected chi connectivity index (χ1v) is 10.7. The number of hydrogen-bond acceptors (Lipinski definition) is 5. The molecule has 1 saturated heterocycles. The Kier molecular flexibility index (Phi) is 6.58. The molecule has 1 aliphatic heterocycles. The van der Waals surface area contributed by atoms with Crippen LogP contribution in [0.2, 0.25) is 0 Å². The van der Waals surface area contributed by atoms with Crippen molar-refractivity contribution in [2.45, 2.75) is 56.4 Å². The Morgan fingerprint density at radius 1 is 1.43 bits per heavy atom. The molecule has 3 N–H and O–H groups in total. The molecule has 2 fully saturated rings. The Labute approximate surface area is 168 Å². The lowest BCUT2D eigenvalue weighted by Gasteiger charge is -2.36. The van der Waals surface area contributed by atoms with Crippen molar-refractivity contribution in [2.24, 2.45) is 0 Å². The van der Waals surface area contributed by atoms with Crippen LogP contribution in [0.15, 0.2) is 35.1 Å². The van der Waals surface area contributed by atoms with Crippen LogP contribution in [0.5, 0.6) is 0 Å². The molecule has 0 spiro atoms. The fourth-order valence-electron chi connectivity index (χ4n) is 3.51. The minimum Gasteiger partial charge on any atom is -0.412 e. The van der Waals surface area contributed by atoms with Crippen LogP contribution >= 0.6 is 0 Å². The van der Waals surface area contributed by atoms with Crippen LogP contribution in [0.3, 0.4) is 0 Å². The molecular formula is C19H28N4O4S. The van der Waals surface area contributed by atoms with Crippen LogP contribution in [0.1, 0.15) is 61.8 Å². The standard InChI is InChI=1S/C19H24N4O3S.H2O.H2/c1-13-9-16(21-19(24)17-10-18(26-22-17)15-4-5-15)6-8-23(13)27(25)12-14-3-2-7-20-11-14;;/h2-3,7,10-11,13,15-16H,4-6,8-9,12H2,1H3,(H,21,24);1H2;1H/t13-,16-,27?;;/m1../s1. The van der Waals surface area contributed by atoms with Gasteiger partial charge in [0.2, 0.25) is 0 Å². The number of nitrogens with zero attached hydrogens (tertiary/aromatic N) is 3. The van der Waals surface area contributed by atoms with Crippen molar-refractivity contribution in [3.05, 3.63) is 47.6 Å². The molecule has 8 nitrogen and oxygen atoms in total. The van der Waals surface area contributed by atoms with E-state index in [4.69, 9.17) is 4.52 Å². The molecule has 4 rings (SSSR count). The zero-order valence-electron chi connectivity index (χ0n) is 15.8. The first-order valence-electron chi connectivity index (χ1n) is 9.41. The Hall–Kier alpha value is -2.10. The number of carbonyl (C=O) groups excluding carboxylic acids is 1. The fraction of sp³-hybridized carbons (Fsp3) is 0.526. The zero-order valence-corrected chi connectivity index (χ0v) is 16.7. The molecule has 1 saturated carbocycles. The minimum atomic E-state index is -1.09. The molecule has 0 bridgehead atoms. The molecule has 9 heteroatoms. The van der Waals surface area contributed by atoms with E-state index in [1.165, 1.54) is 0 Å². The van der Waals surface area contributed by atoms with Gasteiger partial charge in [0.1, 0.15) is 5.76 Å². The highest BCUT2D eigenvalue weighted by Crippen LogP contribution is 2.40. The summed E-state index contributed by atoms with van der Waals surface area (Å²) in [6.07, 6.45) is 7.22. The van der Waals surface area contributed by atoms with Gasteiger partial charge in [-0.25, -0.2) is 8.51 Å². The van der Waals surface area contributed by atoms with Gasteiger partial charge < -0.3 is 15.3 Å². The number of amides is 1. The molecule has 1 amide bonds. The maximum Gasteiger partial charge on any atom is 0.273 e. The largest absolute Gasteiger partial charge is 0.412 e. The molecule has 28 heavy (non-hydrogen) atoms. The van der Waals surface area contributed by atoms with Crippen molar-refractivity contribution in [1.82, 2.24) is 19.8 Å². The number of nitrogens with one attached hydrogen (secondary N) is 1. The highest BCUT2D eigenvalue weighted by molar-refractivity contribution is 7.81. The SMILES string of the molecule is C[C@@H]1C[C@H](NC(=O)c2cc(C3CC3)on2)CCN1S(=O)Cc1cccnc1.O.[HH]. The molecule has 3 heterocycles. The summed E-state index contributed by atoms with van der Waals surface area (Å²) in [7, 11) is -1.09. The van der Waals surface area contributed by atoms with Crippen molar-refractivity contribution >= 4 is 16.9 Å². The van der Waals surface area contributed by atoms with Gasteiger partial charge in [-0.2, -0.15) is 0 Å². The van der Waals surface area contributed by atoms with E-state index < -0.39 is 11.0 Å². The van der Waals surface area contributed by atoms with Gasteiger partial charge in [0.15, 0.2) is 5.69 Å². The molecule has 0 aromatic carbocycles. The molecule has 154 valence electrons. The van der Waals surface area contributed by atoms with Gasteiger partial charge in [0.25, 0.3) is 5.91 Å². The highest BCUT2D eigenvalue weighted by atomic mass is 32.2. The summed E-state index contributed by atoms with van der Waals surface area (Å²) in [4.78, 5) is 16.5. The molecule has 3 atom stereocenters. The molecular weight excluding hydrogens is 380 g/mol. The first-order chi connectivity index (χ1) is 13.1. The van der Waals surface area contributed by atoms with Gasteiger partial charge in [0.05, 0.1) is 16.7 Å². The van der Waals surface area contributed by atoms with Gasteiger partial charge in [0, 0.05) is 44.4 Å². The molecule has 2 aromatic rings. The average molecular weight is 409 g/mol. The molecule has 1 aliphatic carbocycles. The van der Waals surface area contributed by atoms with Gasteiger partial charge in [-0.3, -0.25) is 9.78 Å². The van der Waals surface area contributed by atoms with Crippen molar-refractivity contribution in [1.29, 1.82) is 0 Å². The number of rotatable bonds is 6. The lowest BCUT2D eigenvalue weighted by Crippen LogP contribution is -2.49. The second kappa shape index (κ2) is 8.93. The summed E-state index contributed by atoms with van der Waals surface area (Å²) >= 11 is 0. The number of pyridine rings is 1. The molecule has 0 radical (unpaired) electrons. The maximum absolute atomic E-state index is 12.7. The predicted octanol–water partition coefficient (Wildman–Crippen LogP) is 1.81. The summed E-state index contributed by atoms with van der Waals surface area (Å²) in [5, 5.41) is 6.95. The van der Waals surface area contributed by atoms with Crippen LogP contribution in [0.4, 0.5) is 0 Å². The Bertz CT molecular complexity index is 831. The van der Waals surface area contributed by atoms with Gasteiger partial charge >= 0.3 is 0 Å². The van der Waals surface area contributed by atoms with Gasteiger partial charge in [-0.15, -0.1) is 0 Å². The van der Waals surface area contributed by atoms with Crippen LogP contribution in [-0.2, 0) is 16.7 Å². The maximum atomic E-state index is 12.7.